The number of carbonyl (C=O) groups is 2. The number of esters is 1. The van der Waals surface area contributed by atoms with Gasteiger partial charge < -0.3 is 14.4 Å². The zero-order chi connectivity index (χ0) is 16.8. The van der Waals surface area contributed by atoms with Crippen LogP contribution in [0.4, 0.5) is 0 Å². The van der Waals surface area contributed by atoms with Gasteiger partial charge in [-0.25, -0.2) is 9.78 Å². The van der Waals surface area contributed by atoms with E-state index in [0.717, 1.165) is 19.3 Å². The highest BCUT2D eigenvalue weighted by Gasteiger charge is 2.29. The lowest BCUT2D eigenvalue weighted by Gasteiger charge is -2.38. The number of nitrogens with zero attached hydrogens (tertiary/aromatic N) is 2. The average Bonchev–Trinajstić information content (AvgIpc) is 2.53. The van der Waals surface area contributed by atoms with E-state index in [-0.39, 0.29) is 36.0 Å². The highest BCUT2D eigenvalue weighted by atomic mass is 16.5. The summed E-state index contributed by atoms with van der Waals surface area (Å²) in [5.74, 6) is -0.515. The Morgan fingerprint density at radius 2 is 2.00 bits per heavy atom. The number of pyridine rings is 1. The second-order valence-corrected chi connectivity index (χ2v) is 5.80. The monoisotopic (exact) mass is 320 g/mol. The molecule has 1 aliphatic rings. The molecule has 2 atom stereocenters. The summed E-state index contributed by atoms with van der Waals surface area (Å²) in [6.45, 7) is 6.02. The number of hydrogen-bond donors (Lipinski definition) is 0. The van der Waals surface area contributed by atoms with Crippen molar-refractivity contribution in [2.24, 2.45) is 0 Å². The van der Waals surface area contributed by atoms with E-state index in [2.05, 4.69) is 4.98 Å². The van der Waals surface area contributed by atoms with Gasteiger partial charge in [0.2, 0.25) is 5.88 Å². The van der Waals surface area contributed by atoms with E-state index in [4.69, 9.17) is 9.47 Å². The van der Waals surface area contributed by atoms with Crippen molar-refractivity contribution in [1.82, 2.24) is 9.88 Å². The number of hydrogen-bond acceptors (Lipinski definition) is 5. The Morgan fingerprint density at radius 1 is 1.30 bits per heavy atom. The number of rotatable bonds is 5. The van der Waals surface area contributed by atoms with Crippen LogP contribution < -0.4 is 4.74 Å². The van der Waals surface area contributed by atoms with Crippen molar-refractivity contribution in [1.29, 1.82) is 0 Å². The van der Waals surface area contributed by atoms with E-state index < -0.39 is 5.97 Å². The molecule has 1 fully saturated rings. The average molecular weight is 320 g/mol. The normalized spacial score (nSPS) is 20.9. The van der Waals surface area contributed by atoms with Crippen LogP contribution in [0, 0.1) is 0 Å². The minimum atomic E-state index is -0.591. The SMILES string of the molecule is CCOc1ncccc1C(=O)OCC(=O)N1[C@@H](C)CCC[C@@H]1C. The smallest absolute Gasteiger partial charge is 0.344 e. The first-order valence-corrected chi connectivity index (χ1v) is 8.10. The van der Waals surface area contributed by atoms with Crippen LogP contribution in [0.3, 0.4) is 0 Å². The number of aromatic nitrogens is 1. The molecule has 0 saturated carbocycles. The standard InChI is InChI=1S/C17H24N2O4/c1-4-22-16-14(9-6-10-18-16)17(21)23-11-15(20)19-12(2)7-5-8-13(19)3/h6,9-10,12-13H,4-5,7-8,11H2,1-3H3/t12-,13-/m0/s1. The first-order valence-electron chi connectivity index (χ1n) is 8.10. The molecule has 0 aromatic carbocycles. The Labute approximate surface area is 136 Å². The van der Waals surface area contributed by atoms with Crippen molar-refractivity contribution in [2.45, 2.75) is 52.1 Å². The summed E-state index contributed by atoms with van der Waals surface area (Å²) in [5.41, 5.74) is 0.238. The van der Waals surface area contributed by atoms with Gasteiger partial charge in [-0.3, -0.25) is 4.79 Å². The van der Waals surface area contributed by atoms with Crippen LogP contribution in [0.1, 0.15) is 50.4 Å². The molecule has 0 aliphatic carbocycles. The summed E-state index contributed by atoms with van der Waals surface area (Å²) in [5, 5.41) is 0. The molecule has 126 valence electrons. The van der Waals surface area contributed by atoms with E-state index in [9.17, 15) is 9.59 Å². The highest BCUT2D eigenvalue weighted by Crippen LogP contribution is 2.23. The van der Waals surface area contributed by atoms with Crippen LogP contribution in [0.15, 0.2) is 18.3 Å². The molecular formula is C17H24N2O4. The predicted octanol–water partition coefficient (Wildman–Crippen LogP) is 2.43. The number of carbonyl (C=O) groups excluding carboxylic acids is 2. The van der Waals surface area contributed by atoms with Crippen LogP contribution in [0.5, 0.6) is 5.88 Å². The van der Waals surface area contributed by atoms with Crippen LogP contribution in [0.2, 0.25) is 0 Å². The molecule has 2 rings (SSSR count). The second-order valence-electron chi connectivity index (χ2n) is 5.80. The summed E-state index contributed by atoms with van der Waals surface area (Å²) < 4.78 is 10.5. The van der Waals surface area contributed by atoms with Crippen molar-refractivity contribution in [3.8, 4) is 5.88 Å². The quantitative estimate of drug-likeness (QED) is 0.779. The maximum atomic E-state index is 12.4. The molecule has 0 radical (unpaired) electrons. The Hall–Kier alpha value is -2.11. The molecular weight excluding hydrogens is 296 g/mol. The van der Waals surface area contributed by atoms with E-state index in [0.29, 0.717) is 6.61 Å². The Balaban J connectivity index is 1.97. The largest absolute Gasteiger partial charge is 0.477 e. The van der Waals surface area contributed by atoms with Gasteiger partial charge in [-0.05, 0) is 52.2 Å². The van der Waals surface area contributed by atoms with Crippen molar-refractivity contribution >= 4 is 11.9 Å². The van der Waals surface area contributed by atoms with Gasteiger partial charge in [-0.15, -0.1) is 0 Å². The zero-order valence-electron chi connectivity index (χ0n) is 13.9. The number of amides is 1. The van der Waals surface area contributed by atoms with E-state index in [1.165, 1.54) is 0 Å². The van der Waals surface area contributed by atoms with E-state index in [1.54, 1.807) is 18.3 Å². The molecule has 0 N–H and O–H groups in total. The van der Waals surface area contributed by atoms with Gasteiger partial charge in [0, 0.05) is 18.3 Å². The topological polar surface area (TPSA) is 68.7 Å². The minimum absolute atomic E-state index is 0.153. The van der Waals surface area contributed by atoms with Gasteiger partial charge in [0.15, 0.2) is 6.61 Å². The van der Waals surface area contributed by atoms with Crippen LogP contribution in [-0.4, -0.2) is 47.1 Å². The third kappa shape index (κ3) is 4.21. The number of likely N-dealkylation sites (tertiary alicyclic amines) is 1. The maximum Gasteiger partial charge on any atom is 0.344 e. The lowest BCUT2D eigenvalue weighted by Crippen LogP contribution is -2.49. The second kappa shape index (κ2) is 7.94. The Morgan fingerprint density at radius 3 is 2.65 bits per heavy atom. The molecule has 1 aromatic rings. The number of piperidine rings is 1. The molecule has 0 spiro atoms. The third-order valence-corrected chi connectivity index (χ3v) is 4.08. The van der Waals surface area contributed by atoms with Crippen molar-refractivity contribution in [2.75, 3.05) is 13.2 Å². The summed E-state index contributed by atoms with van der Waals surface area (Å²) >= 11 is 0. The minimum Gasteiger partial charge on any atom is -0.477 e. The summed E-state index contributed by atoms with van der Waals surface area (Å²) in [7, 11) is 0. The molecule has 23 heavy (non-hydrogen) atoms. The first kappa shape index (κ1) is 17.2. The fourth-order valence-corrected chi connectivity index (χ4v) is 2.99. The van der Waals surface area contributed by atoms with Crippen LogP contribution in [0.25, 0.3) is 0 Å². The summed E-state index contributed by atoms with van der Waals surface area (Å²) in [6, 6.07) is 3.58. The van der Waals surface area contributed by atoms with E-state index >= 15 is 0 Å². The van der Waals surface area contributed by atoms with Gasteiger partial charge in [0.1, 0.15) is 5.56 Å². The van der Waals surface area contributed by atoms with Gasteiger partial charge in [-0.1, -0.05) is 0 Å². The molecule has 1 aromatic heterocycles. The Kier molecular flexibility index (Phi) is 5.96. The summed E-state index contributed by atoms with van der Waals surface area (Å²) in [4.78, 5) is 30.4. The molecule has 2 heterocycles. The molecule has 0 unspecified atom stereocenters. The molecule has 6 heteroatoms. The zero-order valence-corrected chi connectivity index (χ0v) is 13.9. The van der Waals surface area contributed by atoms with Gasteiger partial charge >= 0.3 is 5.97 Å². The van der Waals surface area contributed by atoms with E-state index in [1.807, 2.05) is 25.7 Å². The lowest BCUT2D eigenvalue weighted by molar-refractivity contribution is -0.140. The lowest BCUT2D eigenvalue weighted by atomic mass is 9.97. The van der Waals surface area contributed by atoms with Crippen molar-refractivity contribution in [3.05, 3.63) is 23.9 Å². The molecule has 1 aliphatic heterocycles. The van der Waals surface area contributed by atoms with Gasteiger partial charge in [0.25, 0.3) is 5.91 Å². The molecule has 6 nitrogen and oxygen atoms in total. The predicted molar refractivity (Wildman–Crippen MR) is 85.3 cm³/mol. The third-order valence-electron chi connectivity index (χ3n) is 4.08. The fraction of sp³-hybridized carbons (Fsp3) is 0.588. The van der Waals surface area contributed by atoms with Crippen LogP contribution >= 0.6 is 0 Å². The van der Waals surface area contributed by atoms with Crippen LogP contribution in [-0.2, 0) is 9.53 Å². The fourth-order valence-electron chi connectivity index (χ4n) is 2.99. The van der Waals surface area contributed by atoms with Gasteiger partial charge in [0.05, 0.1) is 6.61 Å². The highest BCUT2D eigenvalue weighted by molar-refractivity contribution is 5.93. The van der Waals surface area contributed by atoms with Gasteiger partial charge in [-0.2, -0.15) is 0 Å². The molecule has 0 bridgehead atoms. The first-order chi connectivity index (χ1) is 11.0. The molecule has 1 saturated heterocycles. The van der Waals surface area contributed by atoms with Crippen molar-refractivity contribution in [3.63, 3.8) is 0 Å². The van der Waals surface area contributed by atoms with Crippen molar-refractivity contribution < 1.29 is 19.1 Å². The maximum absolute atomic E-state index is 12.4. The summed E-state index contributed by atoms with van der Waals surface area (Å²) in [6.07, 6.45) is 4.64. The molecule has 1 amide bonds. The Bertz CT molecular complexity index is 551. The number of ether oxygens (including phenoxy) is 2.